The van der Waals surface area contributed by atoms with Gasteiger partial charge in [0.1, 0.15) is 17.4 Å². The number of benzene rings is 2. The number of hydrogen-bond donors (Lipinski definition) is 3. The fourth-order valence-corrected chi connectivity index (χ4v) is 7.65. The smallest absolute Gasteiger partial charge is 0.250 e. The van der Waals surface area contributed by atoms with Gasteiger partial charge >= 0.3 is 0 Å². The minimum Gasteiger partial charge on any atom is -0.494 e. The molecule has 3 N–H and O–H groups in total. The van der Waals surface area contributed by atoms with Gasteiger partial charge in [-0.15, -0.1) is 0 Å². The van der Waals surface area contributed by atoms with Crippen molar-refractivity contribution in [3.63, 3.8) is 0 Å². The molecule has 1 spiro atoms. The third-order valence-corrected chi connectivity index (χ3v) is 9.85. The highest BCUT2D eigenvalue weighted by Crippen LogP contribution is 2.65. The highest BCUT2D eigenvalue weighted by molar-refractivity contribution is 6.05. The van der Waals surface area contributed by atoms with Crippen LogP contribution in [0.2, 0.25) is 0 Å². The predicted molar refractivity (Wildman–Crippen MR) is 170 cm³/mol. The zero-order valence-corrected chi connectivity index (χ0v) is 26.5. The van der Waals surface area contributed by atoms with Gasteiger partial charge in [-0.05, 0) is 101 Å². The second-order valence-corrected chi connectivity index (χ2v) is 12.3. The summed E-state index contributed by atoms with van der Waals surface area (Å²) in [4.78, 5) is 46.2. The van der Waals surface area contributed by atoms with Gasteiger partial charge < -0.3 is 35.0 Å². The standard InChI is InChI=1S/C34H46N4O6/c1-6-37(7-2)25-15-11-23(12-16-25)36-31(41)29-34-21-22(4)33(5,44-34)27(28(34)32(42)38(29)19-9-10-20-39)30(40)35-24-13-17-26(18-14-24)43-8-3/h11-18,22,27-29,39H,6-10,19-21H2,1-5H3,(H,35,40)(H,36,41)/t22?,27-,28-,29?,33+,34?/m0/s1. The van der Waals surface area contributed by atoms with Crippen LogP contribution in [0.4, 0.5) is 17.1 Å². The summed E-state index contributed by atoms with van der Waals surface area (Å²) in [6.07, 6.45) is 1.52. The molecule has 0 aromatic heterocycles. The lowest BCUT2D eigenvalue weighted by molar-refractivity contribution is -0.144. The predicted octanol–water partition coefficient (Wildman–Crippen LogP) is 4.29. The van der Waals surface area contributed by atoms with Gasteiger partial charge in [0.05, 0.1) is 24.0 Å². The fourth-order valence-electron chi connectivity index (χ4n) is 7.65. The molecule has 3 unspecified atom stereocenters. The Morgan fingerprint density at radius 2 is 1.61 bits per heavy atom. The molecule has 10 nitrogen and oxygen atoms in total. The lowest BCUT2D eigenvalue weighted by Gasteiger charge is -2.36. The fraction of sp³-hybridized carbons (Fsp3) is 0.559. The molecule has 238 valence electrons. The van der Waals surface area contributed by atoms with Crippen molar-refractivity contribution in [1.29, 1.82) is 0 Å². The van der Waals surface area contributed by atoms with E-state index >= 15 is 0 Å². The molecule has 2 aromatic rings. The second-order valence-electron chi connectivity index (χ2n) is 12.3. The molecule has 5 rings (SSSR count). The Labute approximate surface area is 260 Å². The second kappa shape index (κ2) is 12.8. The van der Waals surface area contributed by atoms with Crippen LogP contribution in [0.25, 0.3) is 0 Å². The Kier molecular flexibility index (Phi) is 9.23. The first kappa shape index (κ1) is 31.8. The van der Waals surface area contributed by atoms with E-state index in [0.29, 0.717) is 43.0 Å². The van der Waals surface area contributed by atoms with Crippen LogP contribution in [0.1, 0.15) is 53.9 Å². The number of unbranched alkanes of at least 4 members (excludes halogenated alkanes) is 1. The minimum atomic E-state index is -1.14. The van der Waals surface area contributed by atoms with Gasteiger partial charge in [-0.2, -0.15) is 0 Å². The van der Waals surface area contributed by atoms with Crippen molar-refractivity contribution in [3.05, 3.63) is 48.5 Å². The van der Waals surface area contributed by atoms with E-state index in [1.54, 1.807) is 29.2 Å². The van der Waals surface area contributed by atoms with Crippen LogP contribution in [-0.2, 0) is 19.1 Å². The molecule has 2 bridgehead atoms. The Morgan fingerprint density at radius 1 is 1.00 bits per heavy atom. The first-order chi connectivity index (χ1) is 21.1. The number of amides is 3. The van der Waals surface area contributed by atoms with Crippen molar-refractivity contribution in [2.75, 3.05) is 48.4 Å². The van der Waals surface area contributed by atoms with Gasteiger partial charge in [-0.3, -0.25) is 14.4 Å². The summed E-state index contributed by atoms with van der Waals surface area (Å²) in [5.74, 6) is -1.82. The summed E-state index contributed by atoms with van der Waals surface area (Å²) < 4.78 is 12.3. The summed E-state index contributed by atoms with van der Waals surface area (Å²) in [6.45, 7) is 12.6. The number of carbonyl (C=O) groups is 3. The Bertz CT molecular complexity index is 1350. The van der Waals surface area contributed by atoms with E-state index in [-0.39, 0.29) is 36.8 Å². The maximum atomic E-state index is 14.3. The summed E-state index contributed by atoms with van der Waals surface area (Å²) in [5.41, 5.74) is 0.228. The minimum absolute atomic E-state index is 0.00886. The molecule has 0 saturated carbocycles. The van der Waals surface area contributed by atoms with Gasteiger partial charge in [0.2, 0.25) is 17.7 Å². The van der Waals surface area contributed by atoms with E-state index in [9.17, 15) is 19.5 Å². The quantitative estimate of drug-likeness (QED) is 0.291. The molecule has 0 radical (unpaired) electrons. The molecule has 3 heterocycles. The zero-order chi connectivity index (χ0) is 31.6. The molecule has 3 fully saturated rings. The molecular weight excluding hydrogens is 560 g/mol. The Balaban J connectivity index is 1.44. The molecule has 2 aromatic carbocycles. The normalized spacial score (nSPS) is 28.6. The van der Waals surface area contributed by atoms with Crippen molar-refractivity contribution < 1.29 is 29.0 Å². The van der Waals surface area contributed by atoms with Crippen molar-refractivity contribution in [3.8, 4) is 5.75 Å². The maximum Gasteiger partial charge on any atom is 0.250 e. The van der Waals surface area contributed by atoms with Gasteiger partial charge in [0.25, 0.3) is 0 Å². The third kappa shape index (κ3) is 5.43. The van der Waals surface area contributed by atoms with E-state index in [0.717, 1.165) is 18.8 Å². The monoisotopic (exact) mass is 606 g/mol. The number of rotatable bonds is 13. The number of anilines is 3. The van der Waals surface area contributed by atoms with Crippen molar-refractivity contribution in [2.24, 2.45) is 17.8 Å². The number of carbonyl (C=O) groups excluding carboxylic acids is 3. The van der Waals surface area contributed by atoms with E-state index in [1.165, 1.54) is 0 Å². The number of hydrogen-bond acceptors (Lipinski definition) is 7. The molecule has 10 heteroatoms. The Morgan fingerprint density at radius 3 is 2.20 bits per heavy atom. The average molecular weight is 607 g/mol. The van der Waals surface area contributed by atoms with Crippen molar-refractivity contribution in [1.82, 2.24) is 4.90 Å². The first-order valence-corrected chi connectivity index (χ1v) is 15.9. The molecule has 3 aliphatic rings. The van der Waals surface area contributed by atoms with Crippen LogP contribution in [0.5, 0.6) is 5.75 Å². The van der Waals surface area contributed by atoms with Gasteiger partial charge in [-0.25, -0.2) is 0 Å². The molecule has 3 saturated heterocycles. The van der Waals surface area contributed by atoms with Crippen molar-refractivity contribution >= 4 is 34.8 Å². The van der Waals surface area contributed by atoms with Crippen LogP contribution < -0.4 is 20.3 Å². The zero-order valence-electron chi connectivity index (χ0n) is 26.5. The SMILES string of the molecule is CCOc1ccc(NC(=O)[C@@H]2[C@H]3C(=O)N(CCCCO)C(C(=O)Nc4ccc(N(CC)CC)cc4)C34CC(C)[C@@]2(C)O4)cc1. The molecule has 0 aliphatic carbocycles. The summed E-state index contributed by atoms with van der Waals surface area (Å²) in [5, 5.41) is 15.5. The van der Waals surface area contributed by atoms with Crippen LogP contribution in [0.3, 0.4) is 0 Å². The van der Waals surface area contributed by atoms with Crippen LogP contribution in [0, 0.1) is 17.8 Å². The number of aliphatic hydroxyl groups excluding tert-OH is 1. The topological polar surface area (TPSA) is 120 Å². The molecule has 44 heavy (non-hydrogen) atoms. The lowest BCUT2D eigenvalue weighted by atomic mass is 9.62. The Hall–Kier alpha value is -3.63. The number of fused-ring (bicyclic) bond motifs is 1. The molecule has 6 atom stereocenters. The summed E-state index contributed by atoms with van der Waals surface area (Å²) >= 11 is 0. The van der Waals surface area contributed by atoms with E-state index in [4.69, 9.17) is 9.47 Å². The summed E-state index contributed by atoms with van der Waals surface area (Å²) in [6, 6.07) is 13.9. The van der Waals surface area contributed by atoms with Gasteiger partial charge in [0.15, 0.2) is 0 Å². The number of likely N-dealkylation sites (tertiary alicyclic amines) is 1. The van der Waals surface area contributed by atoms with E-state index in [2.05, 4.69) is 29.4 Å². The number of nitrogens with zero attached hydrogens (tertiary/aromatic N) is 2. The van der Waals surface area contributed by atoms with E-state index in [1.807, 2.05) is 45.0 Å². The number of aliphatic hydroxyl groups is 1. The molecule has 3 aliphatic heterocycles. The summed E-state index contributed by atoms with van der Waals surface area (Å²) in [7, 11) is 0. The largest absolute Gasteiger partial charge is 0.494 e. The maximum absolute atomic E-state index is 14.3. The van der Waals surface area contributed by atoms with Crippen LogP contribution >= 0.6 is 0 Å². The molecule has 3 amide bonds. The van der Waals surface area contributed by atoms with Crippen molar-refractivity contribution in [2.45, 2.75) is 71.1 Å². The van der Waals surface area contributed by atoms with Crippen LogP contribution in [0.15, 0.2) is 48.5 Å². The lowest BCUT2D eigenvalue weighted by Crippen LogP contribution is -2.54. The average Bonchev–Trinajstić information content (AvgIpc) is 3.52. The van der Waals surface area contributed by atoms with Gasteiger partial charge in [-0.1, -0.05) is 6.92 Å². The van der Waals surface area contributed by atoms with Crippen LogP contribution in [-0.4, -0.2) is 77.8 Å². The number of nitrogens with one attached hydrogen (secondary N) is 2. The number of ether oxygens (including phenoxy) is 2. The van der Waals surface area contributed by atoms with Gasteiger partial charge in [0, 0.05) is 43.3 Å². The highest BCUT2D eigenvalue weighted by Gasteiger charge is 2.79. The molecular formula is C34H46N4O6. The third-order valence-electron chi connectivity index (χ3n) is 9.85. The first-order valence-electron chi connectivity index (χ1n) is 15.9. The van der Waals surface area contributed by atoms with E-state index < -0.39 is 29.1 Å². The highest BCUT2D eigenvalue weighted by atomic mass is 16.5.